The smallest absolute Gasteiger partial charge is 0.245 e. The fraction of sp³-hybridized carbons (Fsp3) is 0.882. The molecule has 124 valence electrons. The fourth-order valence-corrected chi connectivity index (χ4v) is 4.48. The molecule has 2 N–H and O–H groups in total. The summed E-state index contributed by atoms with van der Waals surface area (Å²) in [6, 6.07) is -0.559. The van der Waals surface area contributed by atoms with Crippen molar-refractivity contribution in [1.82, 2.24) is 15.5 Å². The first-order valence-corrected chi connectivity index (χ1v) is 8.94. The molecule has 2 saturated heterocycles. The van der Waals surface area contributed by atoms with Gasteiger partial charge in [0.25, 0.3) is 0 Å². The van der Waals surface area contributed by atoms with E-state index in [1.165, 1.54) is 32.1 Å². The van der Waals surface area contributed by atoms with Gasteiger partial charge in [0.15, 0.2) is 0 Å². The Hall–Kier alpha value is -1.10. The lowest BCUT2D eigenvalue weighted by molar-refractivity contribution is -0.150. The zero-order chi connectivity index (χ0) is 15.5. The van der Waals surface area contributed by atoms with E-state index in [0.717, 1.165) is 32.4 Å². The van der Waals surface area contributed by atoms with Crippen LogP contribution in [0, 0.1) is 11.8 Å². The van der Waals surface area contributed by atoms with Crippen LogP contribution in [0.15, 0.2) is 0 Å². The van der Waals surface area contributed by atoms with E-state index in [9.17, 15) is 9.59 Å². The van der Waals surface area contributed by atoms with E-state index in [4.69, 9.17) is 0 Å². The predicted molar refractivity (Wildman–Crippen MR) is 85.3 cm³/mol. The molecule has 5 heteroatoms. The Morgan fingerprint density at radius 1 is 1.05 bits per heavy atom. The number of nitrogens with one attached hydrogen (secondary N) is 2. The maximum Gasteiger partial charge on any atom is 0.245 e. The van der Waals surface area contributed by atoms with Gasteiger partial charge in [-0.1, -0.05) is 32.1 Å². The molecule has 2 heterocycles. The van der Waals surface area contributed by atoms with Crippen molar-refractivity contribution in [1.29, 1.82) is 0 Å². The molecule has 1 unspecified atom stereocenters. The van der Waals surface area contributed by atoms with Crippen molar-refractivity contribution in [2.75, 3.05) is 20.1 Å². The van der Waals surface area contributed by atoms with Gasteiger partial charge in [0.1, 0.15) is 12.1 Å². The van der Waals surface area contributed by atoms with Gasteiger partial charge in [0, 0.05) is 7.05 Å². The van der Waals surface area contributed by atoms with Crippen molar-refractivity contribution in [3.8, 4) is 0 Å². The Kier molecular flexibility index (Phi) is 5.01. The monoisotopic (exact) mass is 307 g/mol. The Balaban J connectivity index is 1.63. The summed E-state index contributed by atoms with van der Waals surface area (Å²) >= 11 is 0. The van der Waals surface area contributed by atoms with Crippen LogP contribution in [0.1, 0.15) is 51.4 Å². The van der Waals surface area contributed by atoms with Crippen LogP contribution in [0.3, 0.4) is 0 Å². The molecule has 0 bridgehead atoms. The average Bonchev–Trinajstić information content (AvgIpc) is 2.54. The molecule has 3 fully saturated rings. The summed E-state index contributed by atoms with van der Waals surface area (Å²) in [4.78, 5) is 27.0. The number of likely N-dealkylation sites (N-methyl/N-ethyl adjacent to an activating group) is 1. The number of piperidine rings is 1. The number of hydrogen-bond donors (Lipinski definition) is 2. The molecule has 3 rings (SSSR count). The van der Waals surface area contributed by atoms with Gasteiger partial charge in [-0.3, -0.25) is 9.59 Å². The minimum Gasteiger partial charge on any atom is -0.342 e. The Morgan fingerprint density at radius 2 is 1.73 bits per heavy atom. The third-order valence-electron chi connectivity index (χ3n) is 5.77. The molecule has 0 radical (unpaired) electrons. The number of nitrogens with zero attached hydrogens (tertiary/aromatic N) is 1. The normalized spacial score (nSPS) is 32.1. The molecule has 0 spiro atoms. The van der Waals surface area contributed by atoms with Crippen LogP contribution >= 0.6 is 0 Å². The second-order valence-electron chi connectivity index (χ2n) is 7.28. The Morgan fingerprint density at radius 3 is 2.41 bits per heavy atom. The van der Waals surface area contributed by atoms with E-state index in [2.05, 4.69) is 10.6 Å². The van der Waals surface area contributed by atoms with Crippen molar-refractivity contribution in [2.24, 2.45) is 11.8 Å². The molecule has 1 aliphatic carbocycles. The Labute approximate surface area is 133 Å². The average molecular weight is 307 g/mol. The van der Waals surface area contributed by atoms with E-state index < -0.39 is 0 Å². The van der Waals surface area contributed by atoms with Crippen molar-refractivity contribution < 1.29 is 9.59 Å². The quantitative estimate of drug-likeness (QED) is 0.826. The number of rotatable bonds is 3. The van der Waals surface area contributed by atoms with Gasteiger partial charge >= 0.3 is 0 Å². The third-order valence-corrected chi connectivity index (χ3v) is 5.77. The molecular weight excluding hydrogens is 278 g/mol. The topological polar surface area (TPSA) is 61.4 Å². The maximum atomic E-state index is 12.7. The largest absolute Gasteiger partial charge is 0.342 e. The van der Waals surface area contributed by atoms with Gasteiger partial charge in [-0.15, -0.1) is 0 Å². The zero-order valence-electron chi connectivity index (χ0n) is 13.6. The van der Waals surface area contributed by atoms with Gasteiger partial charge in [0.05, 0.1) is 0 Å². The first kappa shape index (κ1) is 15.8. The molecule has 2 atom stereocenters. The lowest BCUT2D eigenvalue weighted by Gasteiger charge is -2.42. The van der Waals surface area contributed by atoms with Crippen molar-refractivity contribution in [3.05, 3.63) is 0 Å². The van der Waals surface area contributed by atoms with Crippen LogP contribution in [-0.4, -0.2) is 48.9 Å². The highest BCUT2D eigenvalue weighted by molar-refractivity contribution is 5.97. The second kappa shape index (κ2) is 6.99. The van der Waals surface area contributed by atoms with Gasteiger partial charge in [-0.25, -0.2) is 0 Å². The molecule has 1 saturated carbocycles. The summed E-state index contributed by atoms with van der Waals surface area (Å²) in [5.74, 6) is 1.08. The number of carbonyl (C=O) groups excluding carboxylic acids is 2. The van der Waals surface area contributed by atoms with Gasteiger partial charge in [-0.2, -0.15) is 0 Å². The molecule has 0 aromatic carbocycles. The summed E-state index contributed by atoms with van der Waals surface area (Å²) < 4.78 is 0. The summed E-state index contributed by atoms with van der Waals surface area (Å²) in [6.45, 7) is 1.89. The summed E-state index contributed by atoms with van der Waals surface area (Å²) in [7, 11) is 1.82. The van der Waals surface area contributed by atoms with Crippen LogP contribution in [-0.2, 0) is 9.59 Å². The number of amides is 2. The molecular formula is C17H29N3O2. The maximum absolute atomic E-state index is 12.7. The molecule has 3 aliphatic rings. The first-order chi connectivity index (χ1) is 10.7. The van der Waals surface area contributed by atoms with E-state index in [0.29, 0.717) is 11.8 Å². The van der Waals surface area contributed by atoms with Crippen LogP contribution < -0.4 is 10.6 Å². The summed E-state index contributed by atoms with van der Waals surface area (Å²) in [5.41, 5.74) is 0. The summed E-state index contributed by atoms with van der Waals surface area (Å²) in [6.07, 6.45) is 9.06. The zero-order valence-corrected chi connectivity index (χ0v) is 13.6. The van der Waals surface area contributed by atoms with Crippen molar-refractivity contribution in [3.63, 3.8) is 0 Å². The molecule has 5 nitrogen and oxygen atoms in total. The standard InChI is InChI=1S/C17H29N3O2/c1-20-15(13-7-9-18-10-8-13)16(21)19-14(17(20)22)11-12-5-3-2-4-6-12/h12-15,18H,2-11H2,1H3,(H,19,21)/t14-,15?/m0/s1. The van der Waals surface area contributed by atoms with Gasteiger partial charge in [-0.05, 0) is 44.2 Å². The van der Waals surface area contributed by atoms with E-state index >= 15 is 0 Å². The first-order valence-electron chi connectivity index (χ1n) is 8.94. The van der Waals surface area contributed by atoms with Crippen LogP contribution in [0.5, 0.6) is 0 Å². The van der Waals surface area contributed by atoms with E-state index in [1.807, 2.05) is 7.05 Å². The van der Waals surface area contributed by atoms with Crippen LogP contribution in [0.4, 0.5) is 0 Å². The van der Waals surface area contributed by atoms with E-state index in [-0.39, 0.29) is 23.9 Å². The highest BCUT2D eigenvalue weighted by Gasteiger charge is 2.43. The molecule has 22 heavy (non-hydrogen) atoms. The number of hydrogen-bond acceptors (Lipinski definition) is 3. The van der Waals surface area contributed by atoms with Gasteiger partial charge in [0.2, 0.25) is 11.8 Å². The molecule has 0 aromatic heterocycles. The van der Waals surface area contributed by atoms with E-state index in [1.54, 1.807) is 4.90 Å². The minimum atomic E-state index is -0.293. The third kappa shape index (κ3) is 3.29. The lowest BCUT2D eigenvalue weighted by atomic mass is 9.82. The van der Waals surface area contributed by atoms with Crippen LogP contribution in [0.25, 0.3) is 0 Å². The van der Waals surface area contributed by atoms with Gasteiger partial charge < -0.3 is 15.5 Å². The SMILES string of the molecule is CN1C(=O)[C@H](CC2CCCCC2)NC(=O)C1C1CCNCC1. The van der Waals surface area contributed by atoms with Crippen molar-refractivity contribution >= 4 is 11.8 Å². The molecule has 2 aliphatic heterocycles. The number of carbonyl (C=O) groups is 2. The van der Waals surface area contributed by atoms with Crippen molar-refractivity contribution in [2.45, 2.75) is 63.5 Å². The minimum absolute atomic E-state index is 0.0646. The fourth-order valence-electron chi connectivity index (χ4n) is 4.48. The van der Waals surface area contributed by atoms with Crippen LogP contribution in [0.2, 0.25) is 0 Å². The summed E-state index contributed by atoms with van der Waals surface area (Å²) in [5, 5.41) is 6.36. The number of piperazine rings is 1. The molecule has 0 aromatic rings. The predicted octanol–water partition coefficient (Wildman–Crippen LogP) is 1.28. The highest BCUT2D eigenvalue weighted by Crippen LogP contribution is 2.30. The molecule has 2 amide bonds. The second-order valence-corrected chi connectivity index (χ2v) is 7.28. The highest BCUT2D eigenvalue weighted by atomic mass is 16.2. The lowest BCUT2D eigenvalue weighted by Crippen LogP contribution is -2.65. The Bertz CT molecular complexity index is 410.